The fraction of sp³-hybridized carbons (Fsp3) is 0.455. The lowest BCUT2D eigenvalue weighted by Crippen LogP contribution is -2.27. The third kappa shape index (κ3) is 1.65. The fourth-order valence-corrected chi connectivity index (χ4v) is 2.26. The zero-order chi connectivity index (χ0) is 12.8. The molecular weight excluding hydrogens is 252 g/mol. The molecule has 0 spiro atoms. The third-order valence-electron chi connectivity index (χ3n) is 3.22. The number of nitrogens with two attached hydrogens (primary N) is 1. The standard InChI is InChI=1S/C11H12ClF2NO2/c1-17-8-3-6(12)2-7(9(8)16)10(5-15)4-11(10,13)14/h2-3,16H,4-5,15H2,1H3. The van der Waals surface area contributed by atoms with E-state index in [4.69, 9.17) is 22.1 Å². The van der Waals surface area contributed by atoms with Gasteiger partial charge in [-0.2, -0.15) is 0 Å². The zero-order valence-corrected chi connectivity index (χ0v) is 9.89. The van der Waals surface area contributed by atoms with E-state index in [0.29, 0.717) is 0 Å². The molecule has 1 fully saturated rings. The molecule has 0 bridgehead atoms. The summed E-state index contributed by atoms with van der Waals surface area (Å²) in [6.07, 6.45) is -0.381. The molecule has 0 aromatic heterocycles. The first-order valence-corrected chi connectivity index (χ1v) is 5.40. The zero-order valence-electron chi connectivity index (χ0n) is 9.14. The van der Waals surface area contributed by atoms with Gasteiger partial charge in [-0.1, -0.05) is 11.6 Å². The molecule has 3 nitrogen and oxygen atoms in total. The molecule has 17 heavy (non-hydrogen) atoms. The second kappa shape index (κ2) is 3.71. The van der Waals surface area contributed by atoms with Gasteiger partial charge in [-0.25, -0.2) is 8.78 Å². The van der Waals surface area contributed by atoms with Gasteiger partial charge in [-0.3, -0.25) is 0 Å². The topological polar surface area (TPSA) is 55.5 Å². The van der Waals surface area contributed by atoms with E-state index >= 15 is 0 Å². The average Bonchev–Trinajstić information content (AvgIpc) is 2.85. The van der Waals surface area contributed by atoms with Crippen LogP contribution in [0.1, 0.15) is 12.0 Å². The molecule has 1 aromatic carbocycles. The van der Waals surface area contributed by atoms with Gasteiger partial charge in [-0.15, -0.1) is 0 Å². The van der Waals surface area contributed by atoms with Crippen LogP contribution in [-0.4, -0.2) is 24.7 Å². The van der Waals surface area contributed by atoms with Crippen LogP contribution < -0.4 is 10.5 Å². The number of rotatable bonds is 3. The average molecular weight is 264 g/mol. The highest BCUT2D eigenvalue weighted by Crippen LogP contribution is 2.63. The van der Waals surface area contributed by atoms with Crippen molar-refractivity contribution in [1.82, 2.24) is 0 Å². The number of benzene rings is 1. The molecule has 6 heteroatoms. The third-order valence-corrected chi connectivity index (χ3v) is 3.44. The van der Waals surface area contributed by atoms with Crippen LogP contribution in [0.5, 0.6) is 11.5 Å². The highest BCUT2D eigenvalue weighted by molar-refractivity contribution is 6.30. The highest BCUT2D eigenvalue weighted by Gasteiger charge is 2.72. The molecule has 0 amide bonds. The summed E-state index contributed by atoms with van der Waals surface area (Å²) in [4.78, 5) is 0. The molecular formula is C11H12ClF2NO2. The Morgan fingerprint density at radius 3 is 2.53 bits per heavy atom. The number of ether oxygens (including phenoxy) is 1. The van der Waals surface area contributed by atoms with Crippen molar-refractivity contribution >= 4 is 11.6 Å². The summed E-state index contributed by atoms with van der Waals surface area (Å²) in [5, 5.41) is 10.1. The van der Waals surface area contributed by atoms with Crippen LogP contribution in [0.15, 0.2) is 12.1 Å². The second-order valence-electron chi connectivity index (χ2n) is 4.17. The molecule has 2 rings (SSSR count). The first-order chi connectivity index (χ1) is 7.88. The quantitative estimate of drug-likeness (QED) is 0.880. The number of alkyl halides is 2. The van der Waals surface area contributed by atoms with Gasteiger partial charge in [0.15, 0.2) is 11.5 Å². The highest BCUT2D eigenvalue weighted by atomic mass is 35.5. The van der Waals surface area contributed by atoms with Gasteiger partial charge in [0.05, 0.1) is 12.5 Å². The summed E-state index contributed by atoms with van der Waals surface area (Å²) in [5.41, 5.74) is 3.94. The van der Waals surface area contributed by atoms with Crippen molar-refractivity contribution in [3.8, 4) is 11.5 Å². The van der Waals surface area contributed by atoms with Gasteiger partial charge in [0, 0.05) is 29.6 Å². The number of methoxy groups -OCH3 is 1. The second-order valence-corrected chi connectivity index (χ2v) is 4.61. The van der Waals surface area contributed by atoms with Gasteiger partial charge >= 0.3 is 0 Å². The van der Waals surface area contributed by atoms with E-state index in [-0.39, 0.29) is 35.1 Å². The molecule has 1 aromatic rings. The Morgan fingerprint density at radius 2 is 2.12 bits per heavy atom. The van der Waals surface area contributed by atoms with Crippen LogP contribution in [-0.2, 0) is 5.41 Å². The summed E-state index contributed by atoms with van der Waals surface area (Å²) < 4.78 is 31.7. The van der Waals surface area contributed by atoms with Crippen LogP contribution in [0.25, 0.3) is 0 Å². The van der Waals surface area contributed by atoms with Gasteiger partial charge in [0.1, 0.15) is 0 Å². The first kappa shape index (κ1) is 12.4. The Kier molecular flexibility index (Phi) is 2.71. The monoisotopic (exact) mass is 263 g/mol. The van der Waals surface area contributed by atoms with Gasteiger partial charge < -0.3 is 15.6 Å². The number of hydrogen-bond donors (Lipinski definition) is 2. The predicted octanol–water partition coefficient (Wildman–Crippen LogP) is 2.29. The van der Waals surface area contributed by atoms with Crippen LogP contribution in [0.4, 0.5) is 8.78 Å². The normalized spacial score (nSPS) is 25.7. The Labute approximate surface area is 102 Å². The van der Waals surface area contributed by atoms with E-state index in [9.17, 15) is 13.9 Å². The minimum absolute atomic E-state index is 0.0503. The molecule has 1 aliphatic carbocycles. The van der Waals surface area contributed by atoms with Crippen LogP contribution in [0, 0.1) is 0 Å². The molecule has 94 valence electrons. The van der Waals surface area contributed by atoms with E-state index in [1.54, 1.807) is 0 Å². The molecule has 1 aliphatic rings. The first-order valence-electron chi connectivity index (χ1n) is 5.03. The lowest BCUT2D eigenvalue weighted by molar-refractivity contribution is 0.0888. The van der Waals surface area contributed by atoms with E-state index in [0.717, 1.165) is 0 Å². The number of phenols is 1. The van der Waals surface area contributed by atoms with E-state index < -0.39 is 11.3 Å². The SMILES string of the molecule is COc1cc(Cl)cc(C2(CN)CC2(F)F)c1O. The Bertz CT molecular complexity index is 467. The van der Waals surface area contributed by atoms with Gasteiger partial charge in [0.25, 0.3) is 5.92 Å². The summed E-state index contributed by atoms with van der Waals surface area (Å²) >= 11 is 5.81. The van der Waals surface area contributed by atoms with Crippen molar-refractivity contribution in [3.63, 3.8) is 0 Å². The Hall–Kier alpha value is -1.07. The summed E-state index contributed by atoms with van der Waals surface area (Å²) in [6.45, 7) is -0.253. The predicted molar refractivity (Wildman–Crippen MR) is 60.0 cm³/mol. The molecule has 1 saturated carbocycles. The van der Waals surface area contributed by atoms with Crippen molar-refractivity contribution in [2.45, 2.75) is 17.8 Å². The number of aromatic hydroxyl groups is 1. The summed E-state index contributed by atoms with van der Waals surface area (Å²) in [5.74, 6) is -3.16. The molecule has 1 atom stereocenters. The van der Waals surface area contributed by atoms with E-state index in [1.807, 2.05) is 0 Å². The summed E-state index contributed by atoms with van der Waals surface area (Å²) in [7, 11) is 1.33. The fourth-order valence-electron chi connectivity index (χ4n) is 2.05. The van der Waals surface area contributed by atoms with Crippen molar-refractivity contribution in [3.05, 3.63) is 22.7 Å². The maximum absolute atomic E-state index is 13.4. The van der Waals surface area contributed by atoms with Crippen LogP contribution in [0.2, 0.25) is 5.02 Å². The number of hydrogen-bond acceptors (Lipinski definition) is 3. The lowest BCUT2D eigenvalue weighted by Gasteiger charge is -2.18. The Morgan fingerprint density at radius 1 is 1.53 bits per heavy atom. The molecule has 0 aliphatic heterocycles. The smallest absolute Gasteiger partial charge is 0.260 e. The molecule has 3 N–H and O–H groups in total. The van der Waals surface area contributed by atoms with E-state index in [2.05, 4.69) is 0 Å². The van der Waals surface area contributed by atoms with Crippen LogP contribution in [0.3, 0.4) is 0 Å². The number of phenolic OH excluding ortho intramolecular Hbond substituents is 1. The minimum atomic E-state index is -2.91. The number of halogens is 3. The van der Waals surface area contributed by atoms with Crippen LogP contribution >= 0.6 is 11.6 Å². The van der Waals surface area contributed by atoms with Crippen molar-refractivity contribution in [2.75, 3.05) is 13.7 Å². The minimum Gasteiger partial charge on any atom is -0.504 e. The van der Waals surface area contributed by atoms with Gasteiger partial charge in [0.2, 0.25) is 0 Å². The van der Waals surface area contributed by atoms with Crippen molar-refractivity contribution < 1.29 is 18.6 Å². The van der Waals surface area contributed by atoms with Crippen molar-refractivity contribution in [2.24, 2.45) is 5.73 Å². The molecule has 1 unspecified atom stereocenters. The molecule has 0 saturated heterocycles. The van der Waals surface area contributed by atoms with Crippen molar-refractivity contribution in [1.29, 1.82) is 0 Å². The van der Waals surface area contributed by atoms with E-state index in [1.165, 1.54) is 19.2 Å². The Balaban J connectivity index is 2.57. The lowest BCUT2D eigenvalue weighted by atomic mass is 9.94. The largest absolute Gasteiger partial charge is 0.504 e. The summed E-state index contributed by atoms with van der Waals surface area (Å²) in [6, 6.07) is 2.68. The molecule has 0 heterocycles. The maximum Gasteiger partial charge on any atom is 0.260 e. The maximum atomic E-state index is 13.4. The van der Waals surface area contributed by atoms with Gasteiger partial charge in [-0.05, 0) is 6.07 Å². The molecule has 0 radical (unpaired) electrons.